The Labute approximate surface area is 92.1 Å². The molecule has 0 aromatic carbocycles. The van der Waals surface area contributed by atoms with E-state index in [0.29, 0.717) is 6.42 Å². The van der Waals surface area contributed by atoms with Gasteiger partial charge in [0.05, 0.1) is 0 Å². The molecule has 0 aliphatic heterocycles. The highest BCUT2D eigenvalue weighted by Gasteiger charge is 2.23. The molecular formula is C12H22O3. The summed E-state index contributed by atoms with van der Waals surface area (Å²) in [6.45, 7) is 9.26. The third-order valence-corrected chi connectivity index (χ3v) is 2.00. The topological polar surface area (TPSA) is 46.5 Å². The molecule has 0 heterocycles. The minimum atomic E-state index is -1.05. The lowest BCUT2D eigenvalue weighted by molar-refractivity contribution is -0.164. The molecule has 1 atom stereocenters. The Morgan fingerprint density at radius 1 is 1.47 bits per heavy atom. The van der Waals surface area contributed by atoms with Crippen LogP contribution >= 0.6 is 0 Å². The Bertz CT molecular complexity index is 236. The number of esters is 1. The van der Waals surface area contributed by atoms with E-state index in [4.69, 9.17) is 4.74 Å². The number of hydrogen-bond acceptors (Lipinski definition) is 3. The van der Waals surface area contributed by atoms with Gasteiger partial charge in [-0.2, -0.15) is 0 Å². The quantitative estimate of drug-likeness (QED) is 0.577. The van der Waals surface area contributed by atoms with Gasteiger partial charge in [0.15, 0.2) is 6.10 Å². The number of hydrogen-bond donors (Lipinski definition) is 1. The van der Waals surface area contributed by atoms with Gasteiger partial charge >= 0.3 is 5.97 Å². The van der Waals surface area contributed by atoms with E-state index in [1.54, 1.807) is 20.8 Å². The Kier molecular flexibility index (Phi) is 5.58. The van der Waals surface area contributed by atoms with Gasteiger partial charge in [-0.1, -0.05) is 18.6 Å². The first-order valence-corrected chi connectivity index (χ1v) is 5.35. The molecule has 0 radical (unpaired) electrons. The zero-order valence-electron chi connectivity index (χ0n) is 10.3. The minimum absolute atomic E-state index is 0.363. The summed E-state index contributed by atoms with van der Waals surface area (Å²) in [6.07, 6.45) is 2.08. The van der Waals surface area contributed by atoms with Crippen molar-refractivity contribution < 1.29 is 14.6 Å². The SMILES string of the molecule is C/C=C(\CC)CC(O)C(=O)OC(C)(C)C. The summed E-state index contributed by atoms with van der Waals surface area (Å²) in [6, 6.07) is 0. The van der Waals surface area contributed by atoms with Gasteiger partial charge in [-0.3, -0.25) is 0 Å². The molecule has 1 unspecified atom stereocenters. The van der Waals surface area contributed by atoms with Gasteiger partial charge < -0.3 is 9.84 Å². The maximum atomic E-state index is 11.4. The van der Waals surface area contributed by atoms with Crippen LogP contribution in [-0.4, -0.2) is 22.8 Å². The highest BCUT2D eigenvalue weighted by atomic mass is 16.6. The normalized spacial score (nSPS) is 14.9. The summed E-state index contributed by atoms with van der Waals surface area (Å²) in [5.74, 6) is -0.546. The van der Waals surface area contributed by atoms with Crippen molar-refractivity contribution in [1.29, 1.82) is 0 Å². The maximum Gasteiger partial charge on any atom is 0.335 e. The number of aliphatic hydroxyl groups is 1. The van der Waals surface area contributed by atoms with Crippen LogP contribution in [0.2, 0.25) is 0 Å². The van der Waals surface area contributed by atoms with Crippen molar-refractivity contribution in [3.05, 3.63) is 11.6 Å². The van der Waals surface area contributed by atoms with Crippen molar-refractivity contribution in [2.75, 3.05) is 0 Å². The second-order valence-corrected chi connectivity index (χ2v) is 4.55. The van der Waals surface area contributed by atoms with Gasteiger partial charge in [-0.05, 0) is 34.1 Å². The molecule has 0 fully saturated rings. The Morgan fingerprint density at radius 3 is 2.33 bits per heavy atom. The molecule has 15 heavy (non-hydrogen) atoms. The number of rotatable bonds is 4. The fourth-order valence-corrected chi connectivity index (χ4v) is 1.17. The number of carbonyl (C=O) groups excluding carboxylic acids is 1. The van der Waals surface area contributed by atoms with E-state index in [2.05, 4.69) is 0 Å². The minimum Gasteiger partial charge on any atom is -0.458 e. The van der Waals surface area contributed by atoms with Gasteiger partial charge in [0.25, 0.3) is 0 Å². The zero-order valence-corrected chi connectivity index (χ0v) is 10.3. The average Bonchev–Trinajstić information content (AvgIpc) is 2.10. The molecule has 0 aliphatic rings. The lowest BCUT2D eigenvalue weighted by Crippen LogP contribution is -2.32. The second-order valence-electron chi connectivity index (χ2n) is 4.55. The van der Waals surface area contributed by atoms with Crippen LogP contribution < -0.4 is 0 Å². The molecule has 0 spiro atoms. The predicted molar refractivity (Wildman–Crippen MR) is 60.5 cm³/mol. The lowest BCUT2D eigenvalue weighted by Gasteiger charge is -2.22. The molecule has 0 saturated heterocycles. The molecule has 0 amide bonds. The van der Waals surface area contributed by atoms with Crippen molar-refractivity contribution >= 4 is 5.97 Å². The zero-order chi connectivity index (χ0) is 12.1. The van der Waals surface area contributed by atoms with Crippen LogP contribution in [0.4, 0.5) is 0 Å². The Hall–Kier alpha value is -0.830. The fraction of sp³-hybridized carbons (Fsp3) is 0.750. The monoisotopic (exact) mass is 214 g/mol. The highest BCUT2D eigenvalue weighted by molar-refractivity contribution is 5.75. The predicted octanol–water partition coefficient (Wildman–Crippen LogP) is 2.44. The van der Waals surface area contributed by atoms with Crippen molar-refractivity contribution in [3.63, 3.8) is 0 Å². The van der Waals surface area contributed by atoms with Gasteiger partial charge in [0.2, 0.25) is 0 Å². The third-order valence-electron chi connectivity index (χ3n) is 2.00. The first kappa shape index (κ1) is 14.2. The summed E-state index contributed by atoms with van der Waals surface area (Å²) in [4.78, 5) is 11.4. The Morgan fingerprint density at radius 2 is 2.00 bits per heavy atom. The lowest BCUT2D eigenvalue weighted by atomic mass is 10.1. The summed E-state index contributed by atoms with van der Waals surface area (Å²) in [5, 5.41) is 9.60. The summed E-state index contributed by atoms with van der Waals surface area (Å²) in [5.41, 5.74) is 0.522. The maximum absolute atomic E-state index is 11.4. The average molecular weight is 214 g/mol. The smallest absolute Gasteiger partial charge is 0.335 e. The van der Waals surface area contributed by atoms with Gasteiger partial charge in [-0.15, -0.1) is 0 Å². The Balaban J connectivity index is 4.22. The van der Waals surface area contributed by atoms with Crippen LogP contribution in [0.15, 0.2) is 11.6 Å². The molecule has 88 valence electrons. The largest absolute Gasteiger partial charge is 0.458 e. The molecule has 0 aliphatic carbocycles. The van der Waals surface area contributed by atoms with Crippen LogP contribution in [0.25, 0.3) is 0 Å². The molecule has 0 aromatic heterocycles. The summed E-state index contributed by atoms with van der Waals surface area (Å²) < 4.78 is 5.07. The van der Waals surface area contributed by atoms with Crippen molar-refractivity contribution in [2.45, 2.75) is 59.2 Å². The molecule has 0 aromatic rings. The molecule has 3 nitrogen and oxygen atoms in total. The number of ether oxygens (including phenoxy) is 1. The number of carbonyl (C=O) groups is 1. The van der Waals surface area contributed by atoms with E-state index < -0.39 is 17.7 Å². The van der Waals surface area contributed by atoms with Crippen LogP contribution in [-0.2, 0) is 9.53 Å². The van der Waals surface area contributed by atoms with E-state index in [0.717, 1.165) is 12.0 Å². The molecule has 3 heteroatoms. The van der Waals surface area contributed by atoms with Crippen molar-refractivity contribution in [1.82, 2.24) is 0 Å². The second kappa shape index (κ2) is 5.91. The van der Waals surface area contributed by atoms with Gasteiger partial charge in [-0.25, -0.2) is 4.79 Å². The van der Waals surface area contributed by atoms with Crippen LogP contribution in [0, 0.1) is 0 Å². The van der Waals surface area contributed by atoms with Gasteiger partial charge in [0.1, 0.15) is 5.60 Å². The highest BCUT2D eigenvalue weighted by Crippen LogP contribution is 2.14. The molecule has 0 saturated carbocycles. The van der Waals surface area contributed by atoms with Crippen LogP contribution in [0.1, 0.15) is 47.5 Å². The van der Waals surface area contributed by atoms with E-state index in [1.165, 1.54) is 0 Å². The fourth-order valence-electron chi connectivity index (χ4n) is 1.17. The molecule has 0 bridgehead atoms. The number of aliphatic hydroxyl groups excluding tert-OH is 1. The molecular weight excluding hydrogens is 192 g/mol. The molecule has 1 N–H and O–H groups in total. The summed E-state index contributed by atoms with van der Waals surface area (Å²) >= 11 is 0. The van der Waals surface area contributed by atoms with E-state index in [1.807, 2.05) is 19.9 Å². The van der Waals surface area contributed by atoms with Crippen LogP contribution in [0.3, 0.4) is 0 Å². The first-order chi connectivity index (χ1) is 6.80. The molecule has 0 rings (SSSR count). The van der Waals surface area contributed by atoms with Crippen LogP contribution in [0.5, 0.6) is 0 Å². The van der Waals surface area contributed by atoms with E-state index in [-0.39, 0.29) is 0 Å². The third kappa shape index (κ3) is 6.28. The number of allylic oxidation sites excluding steroid dienone is 1. The standard InChI is InChI=1S/C12H22O3/c1-6-9(7-2)8-10(13)11(14)15-12(3,4)5/h6,10,13H,7-8H2,1-5H3/b9-6+. The first-order valence-electron chi connectivity index (χ1n) is 5.35. The van der Waals surface area contributed by atoms with Crippen molar-refractivity contribution in [2.24, 2.45) is 0 Å². The van der Waals surface area contributed by atoms with E-state index >= 15 is 0 Å². The van der Waals surface area contributed by atoms with E-state index in [9.17, 15) is 9.90 Å². The summed E-state index contributed by atoms with van der Waals surface area (Å²) in [7, 11) is 0. The van der Waals surface area contributed by atoms with Gasteiger partial charge in [0, 0.05) is 6.42 Å². The van der Waals surface area contributed by atoms with Crippen molar-refractivity contribution in [3.8, 4) is 0 Å².